The zero-order chi connectivity index (χ0) is 12.8. The third kappa shape index (κ3) is 1.91. The standard InChI is InChI=1S/C13H15ClN4S/c14-11-10-8-2-1-3-9(8)19-12(10)17-13(16-11)18-6-4-15-5-7-18/h15H,1-7H2. The lowest BCUT2D eigenvalue weighted by Crippen LogP contribution is -2.44. The van der Waals surface area contributed by atoms with Crippen LogP contribution < -0.4 is 10.2 Å². The van der Waals surface area contributed by atoms with Gasteiger partial charge in [0.1, 0.15) is 9.98 Å². The van der Waals surface area contributed by atoms with Crippen LogP contribution in [0.5, 0.6) is 0 Å². The summed E-state index contributed by atoms with van der Waals surface area (Å²) in [6.45, 7) is 3.87. The van der Waals surface area contributed by atoms with Crippen molar-refractivity contribution < 1.29 is 0 Å². The molecule has 4 rings (SSSR count). The summed E-state index contributed by atoms with van der Waals surface area (Å²) < 4.78 is 0. The average Bonchev–Trinajstić information content (AvgIpc) is 2.99. The van der Waals surface area contributed by atoms with Crippen molar-refractivity contribution in [3.05, 3.63) is 15.6 Å². The van der Waals surface area contributed by atoms with Crippen molar-refractivity contribution in [1.29, 1.82) is 0 Å². The van der Waals surface area contributed by atoms with Gasteiger partial charge in [-0.25, -0.2) is 9.97 Å². The molecule has 1 saturated heterocycles. The molecule has 0 aromatic carbocycles. The van der Waals surface area contributed by atoms with Gasteiger partial charge in [0.25, 0.3) is 0 Å². The van der Waals surface area contributed by atoms with Gasteiger partial charge in [-0.1, -0.05) is 11.6 Å². The lowest BCUT2D eigenvalue weighted by molar-refractivity contribution is 0.580. The third-order valence-electron chi connectivity index (χ3n) is 3.91. The van der Waals surface area contributed by atoms with Crippen LogP contribution in [0.2, 0.25) is 5.15 Å². The van der Waals surface area contributed by atoms with Crippen molar-refractivity contribution in [2.24, 2.45) is 0 Å². The van der Waals surface area contributed by atoms with E-state index in [9.17, 15) is 0 Å². The molecule has 2 aromatic heterocycles. The maximum absolute atomic E-state index is 6.42. The van der Waals surface area contributed by atoms with Gasteiger partial charge in [-0.3, -0.25) is 0 Å². The summed E-state index contributed by atoms with van der Waals surface area (Å²) in [7, 11) is 0. The van der Waals surface area contributed by atoms with Crippen LogP contribution >= 0.6 is 22.9 Å². The number of aryl methyl sites for hydroxylation is 2. The number of fused-ring (bicyclic) bond motifs is 3. The molecule has 19 heavy (non-hydrogen) atoms. The van der Waals surface area contributed by atoms with E-state index < -0.39 is 0 Å². The van der Waals surface area contributed by atoms with Crippen LogP contribution in [-0.4, -0.2) is 36.1 Å². The van der Waals surface area contributed by atoms with Crippen LogP contribution in [0.1, 0.15) is 16.9 Å². The highest BCUT2D eigenvalue weighted by Gasteiger charge is 2.23. The number of halogens is 1. The first-order valence-corrected chi connectivity index (χ1v) is 7.96. The number of hydrogen-bond donors (Lipinski definition) is 1. The largest absolute Gasteiger partial charge is 0.338 e. The maximum atomic E-state index is 6.42. The predicted molar refractivity (Wildman–Crippen MR) is 79.5 cm³/mol. The van der Waals surface area contributed by atoms with Crippen LogP contribution in [0.4, 0.5) is 5.95 Å². The molecule has 0 spiro atoms. The van der Waals surface area contributed by atoms with E-state index in [4.69, 9.17) is 16.6 Å². The number of thiophene rings is 1. The summed E-state index contributed by atoms with van der Waals surface area (Å²) in [6, 6.07) is 0. The Balaban J connectivity index is 1.82. The summed E-state index contributed by atoms with van der Waals surface area (Å²) >= 11 is 8.22. The molecule has 0 radical (unpaired) electrons. The highest BCUT2D eigenvalue weighted by molar-refractivity contribution is 7.19. The van der Waals surface area contributed by atoms with Gasteiger partial charge in [0.2, 0.25) is 5.95 Å². The zero-order valence-corrected chi connectivity index (χ0v) is 12.2. The molecule has 6 heteroatoms. The minimum Gasteiger partial charge on any atom is -0.338 e. The maximum Gasteiger partial charge on any atom is 0.228 e. The van der Waals surface area contributed by atoms with E-state index in [1.165, 1.54) is 23.3 Å². The quantitative estimate of drug-likeness (QED) is 0.819. The van der Waals surface area contributed by atoms with E-state index in [2.05, 4.69) is 15.2 Å². The fourth-order valence-corrected chi connectivity index (χ4v) is 4.54. The number of anilines is 1. The summed E-state index contributed by atoms with van der Waals surface area (Å²) in [5, 5.41) is 5.09. The van der Waals surface area contributed by atoms with Gasteiger partial charge in [0.05, 0.1) is 5.39 Å². The first kappa shape index (κ1) is 11.9. The third-order valence-corrected chi connectivity index (χ3v) is 5.37. The van der Waals surface area contributed by atoms with Crippen LogP contribution in [0.15, 0.2) is 0 Å². The van der Waals surface area contributed by atoms with Crippen molar-refractivity contribution >= 4 is 39.1 Å². The SMILES string of the molecule is Clc1nc(N2CCNCC2)nc2sc3c(c12)CCC3. The molecule has 0 amide bonds. The average molecular weight is 295 g/mol. The predicted octanol–water partition coefficient (Wildman–Crippen LogP) is 2.24. The molecule has 1 aliphatic carbocycles. The molecular weight excluding hydrogens is 280 g/mol. The Bertz CT molecular complexity index is 633. The van der Waals surface area contributed by atoms with E-state index in [1.54, 1.807) is 11.3 Å². The molecule has 1 N–H and O–H groups in total. The topological polar surface area (TPSA) is 41.1 Å². The minimum absolute atomic E-state index is 0.637. The Hall–Kier alpha value is -0.910. The van der Waals surface area contributed by atoms with Gasteiger partial charge in [-0.15, -0.1) is 11.3 Å². The van der Waals surface area contributed by atoms with Crippen molar-refractivity contribution in [1.82, 2.24) is 15.3 Å². The van der Waals surface area contributed by atoms with Crippen molar-refractivity contribution in [3.8, 4) is 0 Å². The Morgan fingerprint density at radius 3 is 2.84 bits per heavy atom. The van der Waals surface area contributed by atoms with E-state index in [0.717, 1.165) is 48.8 Å². The molecule has 0 saturated carbocycles. The summed E-state index contributed by atoms with van der Waals surface area (Å²) in [4.78, 5) is 14.0. The number of rotatable bonds is 1. The second-order valence-electron chi connectivity index (χ2n) is 5.09. The molecule has 0 unspecified atom stereocenters. The second-order valence-corrected chi connectivity index (χ2v) is 6.53. The molecule has 1 fully saturated rings. The van der Waals surface area contributed by atoms with Crippen LogP contribution in [0.25, 0.3) is 10.2 Å². The molecule has 0 bridgehead atoms. The molecule has 2 aliphatic rings. The normalized spacial score (nSPS) is 19.1. The van der Waals surface area contributed by atoms with Gasteiger partial charge < -0.3 is 10.2 Å². The van der Waals surface area contributed by atoms with Gasteiger partial charge >= 0.3 is 0 Å². The molecule has 1 aliphatic heterocycles. The van der Waals surface area contributed by atoms with Crippen molar-refractivity contribution in [3.63, 3.8) is 0 Å². The zero-order valence-electron chi connectivity index (χ0n) is 10.6. The number of aromatic nitrogens is 2. The molecule has 2 aromatic rings. The fourth-order valence-electron chi connectivity index (χ4n) is 2.95. The molecule has 100 valence electrons. The van der Waals surface area contributed by atoms with Crippen molar-refractivity contribution in [2.45, 2.75) is 19.3 Å². The second kappa shape index (κ2) is 4.58. The monoisotopic (exact) mass is 294 g/mol. The van der Waals surface area contributed by atoms with E-state index >= 15 is 0 Å². The fraction of sp³-hybridized carbons (Fsp3) is 0.538. The van der Waals surface area contributed by atoms with E-state index in [-0.39, 0.29) is 0 Å². The van der Waals surface area contributed by atoms with Crippen LogP contribution in [0.3, 0.4) is 0 Å². The number of hydrogen-bond acceptors (Lipinski definition) is 5. The Labute approximate surface area is 120 Å². The van der Waals surface area contributed by atoms with Gasteiger partial charge in [-0.05, 0) is 24.8 Å². The molecule has 0 atom stereocenters. The molecular formula is C13H15ClN4S. The van der Waals surface area contributed by atoms with Crippen LogP contribution in [0, 0.1) is 0 Å². The molecule has 4 nitrogen and oxygen atoms in total. The van der Waals surface area contributed by atoms with Crippen molar-refractivity contribution in [2.75, 3.05) is 31.1 Å². The van der Waals surface area contributed by atoms with Gasteiger partial charge in [-0.2, -0.15) is 0 Å². The Kier molecular flexibility index (Phi) is 2.86. The van der Waals surface area contributed by atoms with E-state index in [1.807, 2.05) is 0 Å². The summed E-state index contributed by atoms with van der Waals surface area (Å²) in [6.07, 6.45) is 3.55. The molecule has 3 heterocycles. The highest BCUT2D eigenvalue weighted by atomic mass is 35.5. The number of nitrogens with zero attached hydrogens (tertiary/aromatic N) is 3. The first-order valence-electron chi connectivity index (χ1n) is 6.76. The minimum atomic E-state index is 0.637. The Morgan fingerprint density at radius 1 is 1.16 bits per heavy atom. The highest BCUT2D eigenvalue weighted by Crippen LogP contribution is 2.39. The Morgan fingerprint density at radius 2 is 2.00 bits per heavy atom. The van der Waals surface area contributed by atoms with Gasteiger partial charge in [0.15, 0.2) is 0 Å². The lowest BCUT2D eigenvalue weighted by Gasteiger charge is -2.27. The van der Waals surface area contributed by atoms with Gasteiger partial charge in [0, 0.05) is 31.1 Å². The smallest absolute Gasteiger partial charge is 0.228 e. The number of nitrogens with one attached hydrogen (secondary N) is 1. The van der Waals surface area contributed by atoms with E-state index in [0.29, 0.717) is 5.15 Å². The first-order chi connectivity index (χ1) is 9.33. The number of piperazine rings is 1. The lowest BCUT2D eigenvalue weighted by atomic mass is 10.2. The van der Waals surface area contributed by atoms with Crippen LogP contribution in [-0.2, 0) is 12.8 Å². The summed E-state index contributed by atoms with van der Waals surface area (Å²) in [5.74, 6) is 0.791. The summed E-state index contributed by atoms with van der Waals surface area (Å²) in [5.41, 5.74) is 1.40.